The van der Waals surface area contributed by atoms with Crippen LogP contribution in [0.5, 0.6) is 5.75 Å². The third kappa shape index (κ3) is 4.00. The van der Waals surface area contributed by atoms with Crippen LogP contribution in [0.1, 0.15) is 22.3 Å². The van der Waals surface area contributed by atoms with Crippen LogP contribution in [0.3, 0.4) is 0 Å². The summed E-state index contributed by atoms with van der Waals surface area (Å²) < 4.78 is 44.0. The summed E-state index contributed by atoms with van der Waals surface area (Å²) in [4.78, 5) is 0. The van der Waals surface area contributed by atoms with E-state index in [0.29, 0.717) is 11.3 Å². The Bertz CT molecular complexity index is 610. The number of hydrogen-bond donors (Lipinski definition) is 0. The van der Waals surface area contributed by atoms with Gasteiger partial charge in [-0.25, -0.2) is 0 Å². The van der Waals surface area contributed by atoms with E-state index in [1.807, 2.05) is 26.0 Å². The van der Waals surface area contributed by atoms with Crippen LogP contribution in [0, 0.1) is 13.8 Å². The average Bonchev–Trinajstić information content (AvgIpc) is 2.42. The lowest BCUT2D eigenvalue weighted by molar-refractivity contribution is -0.137. The zero-order valence-electron chi connectivity index (χ0n) is 11.6. The number of alkyl halides is 3. The highest BCUT2D eigenvalue weighted by molar-refractivity contribution is 9.10. The molecule has 0 aliphatic rings. The largest absolute Gasteiger partial charge is 0.489 e. The van der Waals surface area contributed by atoms with Crippen LogP contribution < -0.4 is 4.74 Å². The maximum absolute atomic E-state index is 12.5. The number of benzene rings is 2. The highest BCUT2D eigenvalue weighted by atomic mass is 79.9. The van der Waals surface area contributed by atoms with Crippen molar-refractivity contribution in [3.05, 3.63) is 63.1 Å². The van der Waals surface area contributed by atoms with Crippen LogP contribution in [0.25, 0.3) is 0 Å². The first kappa shape index (κ1) is 15.9. The first-order valence-corrected chi connectivity index (χ1v) is 7.12. The molecule has 0 aliphatic carbocycles. The van der Waals surface area contributed by atoms with Crippen molar-refractivity contribution in [1.82, 2.24) is 0 Å². The van der Waals surface area contributed by atoms with Crippen LogP contribution in [-0.2, 0) is 12.8 Å². The summed E-state index contributed by atoms with van der Waals surface area (Å²) in [5.41, 5.74) is 2.15. The van der Waals surface area contributed by atoms with Gasteiger partial charge in [0, 0.05) is 4.47 Å². The molecule has 0 heterocycles. The fourth-order valence-electron chi connectivity index (χ4n) is 1.95. The molecule has 1 nitrogen and oxygen atoms in total. The van der Waals surface area contributed by atoms with E-state index >= 15 is 0 Å². The monoisotopic (exact) mass is 358 g/mol. The van der Waals surface area contributed by atoms with Crippen molar-refractivity contribution in [2.24, 2.45) is 0 Å². The smallest absolute Gasteiger partial charge is 0.416 e. The SMILES string of the molecule is Cc1cc(OCc2ccc(C(F)(F)F)cc2)cc(C)c1Br. The summed E-state index contributed by atoms with van der Waals surface area (Å²) >= 11 is 3.47. The van der Waals surface area contributed by atoms with Crippen molar-refractivity contribution >= 4 is 15.9 Å². The van der Waals surface area contributed by atoms with Gasteiger partial charge >= 0.3 is 6.18 Å². The zero-order valence-corrected chi connectivity index (χ0v) is 13.2. The third-order valence-corrected chi connectivity index (χ3v) is 4.35. The Morgan fingerprint density at radius 2 is 1.52 bits per heavy atom. The van der Waals surface area contributed by atoms with Gasteiger partial charge in [0.2, 0.25) is 0 Å². The van der Waals surface area contributed by atoms with Gasteiger partial charge in [0.25, 0.3) is 0 Å². The van der Waals surface area contributed by atoms with Crippen LogP contribution in [0.2, 0.25) is 0 Å². The molecule has 0 amide bonds. The molecular weight excluding hydrogens is 345 g/mol. The van der Waals surface area contributed by atoms with Gasteiger partial charge in [0.1, 0.15) is 12.4 Å². The fraction of sp³-hybridized carbons (Fsp3) is 0.250. The molecule has 5 heteroatoms. The number of ether oxygens (including phenoxy) is 1. The predicted octanol–water partition coefficient (Wildman–Crippen LogP) is 5.66. The summed E-state index contributed by atoms with van der Waals surface area (Å²) in [6.07, 6.45) is -4.31. The Balaban J connectivity index is 2.07. The Hall–Kier alpha value is -1.49. The van der Waals surface area contributed by atoms with Crippen LogP contribution in [0.15, 0.2) is 40.9 Å². The molecule has 0 atom stereocenters. The van der Waals surface area contributed by atoms with Gasteiger partial charge in [-0.3, -0.25) is 0 Å². The summed E-state index contributed by atoms with van der Waals surface area (Å²) in [5, 5.41) is 0. The first-order valence-electron chi connectivity index (χ1n) is 6.33. The predicted molar refractivity (Wildman–Crippen MR) is 79.4 cm³/mol. The van der Waals surface area contributed by atoms with E-state index in [1.54, 1.807) is 0 Å². The van der Waals surface area contributed by atoms with Gasteiger partial charge in [-0.05, 0) is 54.8 Å². The number of hydrogen-bond acceptors (Lipinski definition) is 1. The standard InChI is InChI=1S/C16H14BrF3O/c1-10-7-14(8-11(2)15(10)17)21-9-12-3-5-13(6-4-12)16(18,19)20/h3-8H,9H2,1-2H3. The Labute approximate surface area is 129 Å². The molecular formula is C16H14BrF3O. The Kier molecular flexibility index (Phi) is 4.61. The van der Waals surface area contributed by atoms with Crippen LogP contribution >= 0.6 is 15.9 Å². The maximum atomic E-state index is 12.5. The summed E-state index contributed by atoms with van der Waals surface area (Å²) in [5.74, 6) is 0.702. The van der Waals surface area contributed by atoms with Crippen molar-refractivity contribution < 1.29 is 17.9 Å². The molecule has 2 aromatic rings. The van der Waals surface area contributed by atoms with Gasteiger partial charge in [-0.1, -0.05) is 28.1 Å². The van der Waals surface area contributed by atoms with Crippen LogP contribution in [-0.4, -0.2) is 0 Å². The van der Waals surface area contributed by atoms with Crippen molar-refractivity contribution in [3.8, 4) is 5.75 Å². The number of rotatable bonds is 3. The molecule has 2 aromatic carbocycles. The van der Waals surface area contributed by atoms with E-state index in [0.717, 1.165) is 27.7 Å². The van der Waals surface area contributed by atoms with Crippen molar-refractivity contribution in [1.29, 1.82) is 0 Å². The van der Waals surface area contributed by atoms with E-state index < -0.39 is 11.7 Å². The Morgan fingerprint density at radius 1 is 1.00 bits per heavy atom. The molecule has 0 unspecified atom stereocenters. The lowest BCUT2D eigenvalue weighted by Gasteiger charge is -2.11. The minimum atomic E-state index is -4.31. The normalized spacial score (nSPS) is 11.5. The van der Waals surface area contributed by atoms with Crippen molar-refractivity contribution in [3.63, 3.8) is 0 Å². The van der Waals surface area contributed by atoms with E-state index in [4.69, 9.17) is 4.74 Å². The van der Waals surface area contributed by atoms with E-state index in [1.165, 1.54) is 12.1 Å². The molecule has 0 N–H and O–H groups in total. The van der Waals surface area contributed by atoms with Gasteiger partial charge in [-0.15, -0.1) is 0 Å². The maximum Gasteiger partial charge on any atom is 0.416 e. The second-order valence-corrected chi connectivity index (χ2v) is 5.65. The van der Waals surface area contributed by atoms with Crippen molar-refractivity contribution in [2.45, 2.75) is 26.6 Å². The lowest BCUT2D eigenvalue weighted by Crippen LogP contribution is -2.05. The average molecular weight is 359 g/mol. The molecule has 21 heavy (non-hydrogen) atoms. The topological polar surface area (TPSA) is 9.23 Å². The molecule has 112 valence electrons. The Morgan fingerprint density at radius 3 is 2.00 bits per heavy atom. The van der Waals surface area contributed by atoms with Gasteiger partial charge in [-0.2, -0.15) is 13.2 Å². The van der Waals surface area contributed by atoms with Gasteiger partial charge in [0.15, 0.2) is 0 Å². The number of aryl methyl sites for hydroxylation is 2. The summed E-state index contributed by atoms with van der Waals surface area (Å²) in [7, 11) is 0. The molecule has 0 radical (unpaired) electrons. The summed E-state index contributed by atoms with van der Waals surface area (Å²) in [6.45, 7) is 4.16. The fourth-order valence-corrected chi connectivity index (χ4v) is 2.18. The number of halogens is 4. The molecule has 0 aliphatic heterocycles. The minimum Gasteiger partial charge on any atom is -0.489 e. The molecule has 0 saturated carbocycles. The molecule has 2 rings (SSSR count). The van der Waals surface area contributed by atoms with E-state index in [-0.39, 0.29) is 6.61 Å². The zero-order chi connectivity index (χ0) is 15.6. The molecule has 0 spiro atoms. The van der Waals surface area contributed by atoms with Crippen LogP contribution in [0.4, 0.5) is 13.2 Å². The highest BCUT2D eigenvalue weighted by Crippen LogP contribution is 2.30. The minimum absolute atomic E-state index is 0.235. The molecule has 0 saturated heterocycles. The molecule has 0 fully saturated rings. The van der Waals surface area contributed by atoms with Crippen molar-refractivity contribution in [2.75, 3.05) is 0 Å². The lowest BCUT2D eigenvalue weighted by atomic mass is 10.1. The van der Waals surface area contributed by atoms with E-state index in [9.17, 15) is 13.2 Å². The quantitative estimate of drug-likeness (QED) is 0.687. The summed E-state index contributed by atoms with van der Waals surface area (Å²) in [6, 6.07) is 8.78. The molecule has 0 aromatic heterocycles. The second-order valence-electron chi connectivity index (χ2n) is 4.85. The highest BCUT2D eigenvalue weighted by Gasteiger charge is 2.29. The first-order chi connectivity index (χ1) is 9.77. The second kappa shape index (κ2) is 6.10. The van der Waals surface area contributed by atoms with E-state index in [2.05, 4.69) is 15.9 Å². The van der Waals surface area contributed by atoms with Gasteiger partial charge in [0.05, 0.1) is 5.56 Å². The van der Waals surface area contributed by atoms with Gasteiger partial charge < -0.3 is 4.74 Å². The third-order valence-electron chi connectivity index (χ3n) is 3.10. The molecule has 0 bridgehead atoms.